The smallest absolute Gasteiger partial charge is 0.330 e. The molecule has 1 aromatic heterocycles. The van der Waals surface area contributed by atoms with Gasteiger partial charge in [-0.25, -0.2) is 4.79 Å². The molecule has 0 unspecified atom stereocenters. The van der Waals surface area contributed by atoms with Crippen molar-refractivity contribution in [1.29, 1.82) is 0 Å². The standard InChI is InChI=1S/C11H12O3/c1-3-6-10(14-11(12)4-2)9-7-5-8-13-9/h3-5,7-8,10H,1-2,6H2/t10-/m1/s1. The Labute approximate surface area is 82.7 Å². The average molecular weight is 192 g/mol. The van der Waals surface area contributed by atoms with Gasteiger partial charge >= 0.3 is 5.97 Å². The molecular weight excluding hydrogens is 180 g/mol. The molecule has 3 nitrogen and oxygen atoms in total. The zero-order valence-electron chi connectivity index (χ0n) is 7.81. The van der Waals surface area contributed by atoms with Gasteiger partial charge in [0, 0.05) is 12.5 Å². The zero-order valence-corrected chi connectivity index (χ0v) is 7.81. The molecule has 1 atom stereocenters. The van der Waals surface area contributed by atoms with E-state index in [0.29, 0.717) is 12.2 Å². The highest BCUT2D eigenvalue weighted by atomic mass is 16.5. The molecule has 0 aliphatic carbocycles. The van der Waals surface area contributed by atoms with Crippen molar-refractivity contribution in [2.75, 3.05) is 0 Å². The van der Waals surface area contributed by atoms with Gasteiger partial charge in [-0.15, -0.1) is 6.58 Å². The van der Waals surface area contributed by atoms with Crippen LogP contribution in [0.3, 0.4) is 0 Å². The highest BCUT2D eigenvalue weighted by Gasteiger charge is 2.15. The lowest BCUT2D eigenvalue weighted by molar-refractivity contribution is -0.144. The molecule has 1 aromatic rings. The Balaban J connectivity index is 2.69. The Bertz CT molecular complexity index is 311. The van der Waals surface area contributed by atoms with Gasteiger partial charge in [-0.3, -0.25) is 0 Å². The van der Waals surface area contributed by atoms with Gasteiger partial charge in [0.25, 0.3) is 0 Å². The van der Waals surface area contributed by atoms with Crippen LogP contribution in [0.4, 0.5) is 0 Å². The number of esters is 1. The second-order valence-electron chi connectivity index (χ2n) is 2.67. The van der Waals surface area contributed by atoms with E-state index in [9.17, 15) is 4.79 Å². The second kappa shape index (κ2) is 5.07. The maximum atomic E-state index is 11.0. The summed E-state index contributed by atoms with van der Waals surface area (Å²) in [5.41, 5.74) is 0. The van der Waals surface area contributed by atoms with Crippen molar-refractivity contribution in [3.63, 3.8) is 0 Å². The lowest BCUT2D eigenvalue weighted by Gasteiger charge is -2.12. The second-order valence-corrected chi connectivity index (χ2v) is 2.67. The number of carbonyl (C=O) groups excluding carboxylic acids is 1. The maximum absolute atomic E-state index is 11.0. The van der Waals surface area contributed by atoms with Crippen LogP contribution in [-0.2, 0) is 9.53 Å². The monoisotopic (exact) mass is 192 g/mol. The number of furan rings is 1. The van der Waals surface area contributed by atoms with Crippen LogP contribution in [0.15, 0.2) is 48.1 Å². The van der Waals surface area contributed by atoms with E-state index in [1.165, 1.54) is 6.26 Å². The molecule has 0 N–H and O–H groups in total. The van der Waals surface area contributed by atoms with Crippen molar-refractivity contribution in [3.8, 4) is 0 Å². The van der Waals surface area contributed by atoms with Crippen LogP contribution < -0.4 is 0 Å². The van der Waals surface area contributed by atoms with Gasteiger partial charge in [-0.1, -0.05) is 12.7 Å². The molecule has 0 saturated carbocycles. The van der Waals surface area contributed by atoms with E-state index in [0.717, 1.165) is 6.08 Å². The molecule has 0 aliphatic heterocycles. The molecule has 74 valence electrons. The molecule has 0 aliphatic rings. The number of hydrogen-bond donors (Lipinski definition) is 0. The highest BCUT2D eigenvalue weighted by Crippen LogP contribution is 2.22. The largest absolute Gasteiger partial charge is 0.465 e. The third-order valence-corrected chi connectivity index (χ3v) is 1.67. The van der Waals surface area contributed by atoms with Gasteiger partial charge in [0.1, 0.15) is 5.76 Å². The molecule has 0 saturated heterocycles. The average Bonchev–Trinajstić information content (AvgIpc) is 2.69. The molecule has 0 amide bonds. The van der Waals surface area contributed by atoms with Crippen molar-refractivity contribution >= 4 is 5.97 Å². The van der Waals surface area contributed by atoms with Crippen LogP contribution in [0.25, 0.3) is 0 Å². The first-order valence-electron chi connectivity index (χ1n) is 4.25. The molecule has 0 aromatic carbocycles. The molecule has 0 bridgehead atoms. The predicted molar refractivity (Wildman–Crippen MR) is 52.6 cm³/mol. The molecule has 0 radical (unpaired) electrons. The predicted octanol–water partition coefficient (Wildman–Crippen LogP) is 2.63. The molecular formula is C11H12O3. The van der Waals surface area contributed by atoms with E-state index in [1.807, 2.05) is 0 Å². The van der Waals surface area contributed by atoms with Gasteiger partial charge in [0.05, 0.1) is 6.26 Å². The summed E-state index contributed by atoms with van der Waals surface area (Å²) in [5, 5.41) is 0. The van der Waals surface area contributed by atoms with E-state index in [-0.39, 0.29) is 0 Å². The molecule has 0 spiro atoms. The first kappa shape index (κ1) is 10.3. The van der Waals surface area contributed by atoms with Crippen molar-refractivity contribution in [3.05, 3.63) is 49.5 Å². The Morgan fingerprint density at radius 2 is 2.43 bits per heavy atom. The molecule has 0 fully saturated rings. The van der Waals surface area contributed by atoms with Crippen molar-refractivity contribution in [2.45, 2.75) is 12.5 Å². The summed E-state index contributed by atoms with van der Waals surface area (Å²) in [6.07, 6.45) is 4.44. The summed E-state index contributed by atoms with van der Waals surface area (Å²) < 4.78 is 10.2. The van der Waals surface area contributed by atoms with Gasteiger partial charge in [0.2, 0.25) is 0 Å². The Morgan fingerprint density at radius 3 is 2.93 bits per heavy atom. The number of rotatable bonds is 5. The Kier molecular flexibility index (Phi) is 3.73. The molecule has 1 heterocycles. The molecule has 14 heavy (non-hydrogen) atoms. The van der Waals surface area contributed by atoms with Gasteiger partial charge < -0.3 is 9.15 Å². The van der Waals surface area contributed by atoms with Crippen LogP contribution in [0.2, 0.25) is 0 Å². The van der Waals surface area contributed by atoms with E-state index in [4.69, 9.17) is 9.15 Å². The summed E-state index contributed by atoms with van der Waals surface area (Å²) in [6.45, 7) is 6.91. The summed E-state index contributed by atoms with van der Waals surface area (Å²) in [4.78, 5) is 11.0. The SMILES string of the molecule is C=CC[C@@H](OC(=O)C=C)c1ccco1. The maximum Gasteiger partial charge on any atom is 0.330 e. The minimum absolute atomic E-state index is 0.409. The molecule has 1 rings (SSSR count). The lowest BCUT2D eigenvalue weighted by atomic mass is 10.2. The first-order chi connectivity index (χ1) is 6.77. The van der Waals surface area contributed by atoms with Gasteiger partial charge in [-0.2, -0.15) is 0 Å². The Hall–Kier alpha value is -1.77. The van der Waals surface area contributed by atoms with Crippen LogP contribution in [-0.4, -0.2) is 5.97 Å². The lowest BCUT2D eigenvalue weighted by Crippen LogP contribution is -2.07. The topological polar surface area (TPSA) is 39.4 Å². The fourth-order valence-corrected chi connectivity index (χ4v) is 1.04. The van der Waals surface area contributed by atoms with E-state index < -0.39 is 12.1 Å². The summed E-state index contributed by atoms with van der Waals surface area (Å²) >= 11 is 0. The van der Waals surface area contributed by atoms with Crippen LogP contribution in [0.5, 0.6) is 0 Å². The van der Waals surface area contributed by atoms with E-state index >= 15 is 0 Å². The fourth-order valence-electron chi connectivity index (χ4n) is 1.04. The number of hydrogen-bond acceptors (Lipinski definition) is 3. The quantitative estimate of drug-likeness (QED) is 0.409. The van der Waals surface area contributed by atoms with Gasteiger partial charge in [0.15, 0.2) is 6.10 Å². The van der Waals surface area contributed by atoms with Crippen LogP contribution in [0.1, 0.15) is 18.3 Å². The normalized spacial score (nSPS) is 11.7. The van der Waals surface area contributed by atoms with Crippen molar-refractivity contribution in [1.82, 2.24) is 0 Å². The molecule has 3 heteroatoms. The van der Waals surface area contributed by atoms with Gasteiger partial charge in [-0.05, 0) is 12.1 Å². The van der Waals surface area contributed by atoms with Crippen molar-refractivity contribution in [2.24, 2.45) is 0 Å². The minimum atomic E-state index is -0.465. The first-order valence-corrected chi connectivity index (χ1v) is 4.25. The number of ether oxygens (including phenoxy) is 1. The van der Waals surface area contributed by atoms with Crippen molar-refractivity contribution < 1.29 is 13.9 Å². The number of carbonyl (C=O) groups is 1. The third kappa shape index (κ3) is 2.62. The zero-order chi connectivity index (χ0) is 10.4. The fraction of sp³-hybridized carbons (Fsp3) is 0.182. The van der Waals surface area contributed by atoms with E-state index in [1.54, 1.807) is 18.2 Å². The summed E-state index contributed by atoms with van der Waals surface area (Å²) in [6, 6.07) is 3.50. The van der Waals surface area contributed by atoms with Crippen LogP contribution in [0, 0.1) is 0 Å². The van der Waals surface area contributed by atoms with Crippen LogP contribution >= 0.6 is 0 Å². The highest BCUT2D eigenvalue weighted by molar-refractivity contribution is 5.81. The summed E-state index contributed by atoms with van der Waals surface area (Å²) in [7, 11) is 0. The Morgan fingerprint density at radius 1 is 1.64 bits per heavy atom. The minimum Gasteiger partial charge on any atom is -0.465 e. The van der Waals surface area contributed by atoms with E-state index in [2.05, 4.69) is 13.2 Å². The third-order valence-electron chi connectivity index (χ3n) is 1.67. The summed E-state index contributed by atoms with van der Waals surface area (Å²) in [5.74, 6) is 0.147.